The molecule has 1 unspecified atom stereocenters. The molecule has 0 aromatic heterocycles. The summed E-state index contributed by atoms with van der Waals surface area (Å²) in [6.45, 7) is 6.14. The van der Waals surface area contributed by atoms with E-state index in [1.807, 2.05) is 0 Å². The number of likely N-dealkylation sites (tertiary alicyclic amines) is 1. The molecule has 1 heterocycles. The Morgan fingerprint density at radius 2 is 1.86 bits per heavy atom. The first-order valence-electron chi connectivity index (χ1n) is 8.37. The van der Waals surface area contributed by atoms with E-state index < -0.39 is 0 Å². The van der Waals surface area contributed by atoms with Gasteiger partial charge in [0, 0.05) is 18.6 Å². The fourth-order valence-electron chi connectivity index (χ4n) is 3.71. The van der Waals surface area contributed by atoms with Gasteiger partial charge in [-0.2, -0.15) is 0 Å². The molecule has 0 bridgehead atoms. The topological polar surface area (TPSA) is 24.5 Å². The molecule has 1 atom stereocenters. The molecule has 2 fully saturated rings. The van der Waals surface area contributed by atoms with Crippen LogP contribution in [-0.2, 0) is 0 Å². The van der Waals surface area contributed by atoms with Gasteiger partial charge in [0.05, 0.1) is 7.11 Å². The van der Waals surface area contributed by atoms with E-state index in [2.05, 4.69) is 41.4 Å². The Morgan fingerprint density at radius 3 is 2.48 bits per heavy atom. The van der Waals surface area contributed by atoms with Crippen LogP contribution in [0.2, 0.25) is 0 Å². The number of methoxy groups -OCH3 is 1. The van der Waals surface area contributed by atoms with Crippen LogP contribution in [0.1, 0.15) is 44.1 Å². The number of hydrogen-bond acceptors (Lipinski definition) is 3. The summed E-state index contributed by atoms with van der Waals surface area (Å²) in [5, 5.41) is 3.80. The van der Waals surface area contributed by atoms with Crippen LogP contribution in [-0.4, -0.2) is 43.7 Å². The van der Waals surface area contributed by atoms with Crippen LogP contribution in [0.15, 0.2) is 24.3 Å². The van der Waals surface area contributed by atoms with Gasteiger partial charge in [0.2, 0.25) is 0 Å². The van der Waals surface area contributed by atoms with Crippen molar-refractivity contribution in [2.75, 3.05) is 26.7 Å². The molecule has 3 rings (SSSR count). The van der Waals surface area contributed by atoms with Gasteiger partial charge < -0.3 is 15.0 Å². The van der Waals surface area contributed by atoms with Crippen molar-refractivity contribution in [3.05, 3.63) is 29.8 Å². The average molecular weight is 288 g/mol. The first-order valence-corrected chi connectivity index (χ1v) is 8.37. The summed E-state index contributed by atoms with van der Waals surface area (Å²) in [6.07, 6.45) is 5.32. The van der Waals surface area contributed by atoms with Crippen LogP contribution in [0.5, 0.6) is 5.75 Å². The van der Waals surface area contributed by atoms with Crippen molar-refractivity contribution in [2.24, 2.45) is 0 Å². The van der Waals surface area contributed by atoms with Crippen LogP contribution < -0.4 is 10.1 Å². The zero-order valence-corrected chi connectivity index (χ0v) is 13.3. The highest BCUT2D eigenvalue weighted by atomic mass is 16.5. The highest BCUT2D eigenvalue weighted by molar-refractivity contribution is 5.30. The van der Waals surface area contributed by atoms with Gasteiger partial charge in [0.15, 0.2) is 0 Å². The van der Waals surface area contributed by atoms with E-state index in [0.29, 0.717) is 12.1 Å². The van der Waals surface area contributed by atoms with Crippen LogP contribution in [0, 0.1) is 0 Å². The highest BCUT2D eigenvalue weighted by Crippen LogP contribution is 2.37. The number of nitrogens with zero attached hydrogens (tertiary/aromatic N) is 1. The Balaban J connectivity index is 1.40. The lowest BCUT2D eigenvalue weighted by Crippen LogP contribution is -2.48. The third-order valence-corrected chi connectivity index (χ3v) is 4.98. The van der Waals surface area contributed by atoms with Crippen molar-refractivity contribution in [3.63, 3.8) is 0 Å². The van der Waals surface area contributed by atoms with Gasteiger partial charge >= 0.3 is 0 Å². The predicted molar refractivity (Wildman–Crippen MR) is 87.0 cm³/mol. The largest absolute Gasteiger partial charge is 0.497 e. The minimum Gasteiger partial charge on any atom is -0.497 e. The van der Waals surface area contributed by atoms with Crippen LogP contribution in [0.4, 0.5) is 0 Å². The molecule has 1 saturated heterocycles. The minimum atomic E-state index is 0.616. The van der Waals surface area contributed by atoms with E-state index in [9.17, 15) is 0 Å². The van der Waals surface area contributed by atoms with Crippen LogP contribution in [0.3, 0.4) is 0 Å². The molecule has 1 aromatic rings. The normalized spacial score (nSPS) is 27.3. The van der Waals surface area contributed by atoms with Gasteiger partial charge in [-0.1, -0.05) is 12.1 Å². The predicted octanol–water partition coefficient (Wildman–Crippen LogP) is 3.02. The van der Waals surface area contributed by atoms with Crippen molar-refractivity contribution in [1.29, 1.82) is 0 Å². The molecule has 0 spiro atoms. The lowest BCUT2D eigenvalue weighted by atomic mass is 9.75. The lowest BCUT2D eigenvalue weighted by molar-refractivity contribution is 0.232. The van der Waals surface area contributed by atoms with E-state index in [-0.39, 0.29) is 0 Å². The Hall–Kier alpha value is -1.06. The smallest absolute Gasteiger partial charge is 0.118 e. The third-order valence-electron chi connectivity index (χ3n) is 4.98. The van der Waals surface area contributed by atoms with E-state index in [1.165, 1.54) is 50.9 Å². The second-order valence-electron chi connectivity index (χ2n) is 6.71. The summed E-state index contributed by atoms with van der Waals surface area (Å²) >= 11 is 0. The second-order valence-corrected chi connectivity index (χ2v) is 6.71. The monoisotopic (exact) mass is 288 g/mol. The summed E-state index contributed by atoms with van der Waals surface area (Å²) < 4.78 is 5.22. The zero-order valence-electron chi connectivity index (χ0n) is 13.3. The standard InChI is InChI=1S/C18H28N2O/c1-14(13-20-9-3-4-10-20)19-17-11-16(12-17)15-5-7-18(21-2)8-6-15/h5-8,14,16-17,19H,3-4,9-13H2,1-2H3. The quantitative estimate of drug-likeness (QED) is 0.871. The SMILES string of the molecule is COc1ccc(C2CC(NC(C)CN3CCCC3)C2)cc1. The van der Waals surface area contributed by atoms with E-state index in [1.54, 1.807) is 7.11 Å². The maximum atomic E-state index is 5.22. The first-order chi connectivity index (χ1) is 10.2. The summed E-state index contributed by atoms with van der Waals surface area (Å²) in [4.78, 5) is 2.59. The Kier molecular flexibility index (Phi) is 4.81. The third kappa shape index (κ3) is 3.78. The van der Waals surface area contributed by atoms with Gasteiger partial charge in [-0.25, -0.2) is 0 Å². The molecule has 2 aliphatic rings. The van der Waals surface area contributed by atoms with Crippen molar-refractivity contribution in [1.82, 2.24) is 10.2 Å². The molecule has 0 radical (unpaired) electrons. The summed E-state index contributed by atoms with van der Waals surface area (Å²) in [7, 11) is 1.72. The molecule has 1 aliphatic heterocycles. The van der Waals surface area contributed by atoms with Crippen LogP contribution in [0.25, 0.3) is 0 Å². The molecular formula is C18H28N2O. The molecule has 3 heteroatoms. The summed E-state index contributed by atoms with van der Waals surface area (Å²) in [6, 6.07) is 9.90. The lowest BCUT2D eigenvalue weighted by Gasteiger charge is -2.39. The van der Waals surface area contributed by atoms with E-state index in [0.717, 1.165) is 11.7 Å². The maximum Gasteiger partial charge on any atom is 0.118 e. The molecule has 116 valence electrons. The molecule has 1 aromatic carbocycles. The molecular weight excluding hydrogens is 260 g/mol. The van der Waals surface area contributed by atoms with E-state index >= 15 is 0 Å². The summed E-state index contributed by atoms with van der Waals surface area (Å²) in [5.41, 5.74) is 1.46. The van der Waals surface area contributed by atoms with Crippen molar-refractivity contribution < 1.29 is 4.74 Å². The zero-order chi connectivity index (χ0) is 14.7. The van der Waals surface area contributed by atoms with E-state index in [4.69, 9.17) is 4.74 Å². The molecule has 1 saturated carbocycles. The number of hydrogen-bond donors (Lipinski definition) is 1. The fraction of sp³-hybridized carbons (Fsp3) is 0.667. The highest BCUT2D eigenvalue weighted by Gasteiger charge is 2.31. The van der Waals surface area contributed by atoms with Gasteiger partial charge in [0.25, 0.3) is 0 Å². The number of rotatable bonds is 6. The second kappa shape index (κ2) is 6.80. The van der Waals surface area contributed by atoms with Gasteiger partial charge in [-0.15, -0.1) is 0 Å². The fourth-order valence-corrected chi connectivity index (χ4v) is 3.71. The average Bonchev–Trinajstić information content (AvgIpc) is 2.95. The Morgan fingerprint density at radius 1 is 1.19 bits per heavy atom. The van der Waals surface area contributed by atoms with Gasteiger partial charge in [-0.3, -0.25) is 0 Å². The maximum absolute atomic E-state index is 5.22. The number of benzene rings is 1. The van der Waals surface area contributed by atoms with Gasteiger partial charge in [0.1, 0.15) is 5.75 Å². The minimum absolute atomic E-state index is 0.616. The Bertz CT molecular complexity index is 433. The van der Waals surface area contributed by atoms with Crippen molar-refractivity contribution in [2.45, 2.75) is 50.6 Å². The molecule has 0 amide bonds. The van der Waals surface area contributed by atoms with Crippen LogP contribution >= 0.6 is 0 Å². The summed E-state index contributed by atoms with van der Waals surface area (Å²) in [5.74, 6) is 1.68. The molecule has 1 N–H and O–H groups in total. The molecule has 1 aliphatic carbocycles. The first kappa shape index (κ1) is 14.9. The molecule has 3 nitrogen and oxygen atoms in total. The Labute approximate surface area is 128 Å². The number of nitrogens with one attached hydrogen (secondary N) is 1. The van der Waals surface area contributed by atoms with Crippen molar-refractivity contribution >= 4 is 0 Å². The van der Waals surface area contributed by atoms with Gasteiger partial charge in [-0.05, 0) is 69.3 Å². The molecule has 21 heavy (non-hydrogen) atoms. The number of ether oxygens (including phenoxy) is 1. The van der Waals surface area contributed by atoms with Crippen molar-refractivity contribution in [3.8, 4) is 5.75 Å².